The van der Waals surface area contributed by atoms with Crippen LogP contribution in [0.4, 0.5) is 0 Å². The van der Waals surface area contributed by atoms with Crippen LogP contribution in [-0.4, -0.2) is 43.3 Å². The van der Waals surface area contributed by atoms with Crippen LogP contribution in [0.25, 0.3) is 0 Å². The number of hydrogen-bond donors (Lipinski definition) is 0. The maximum Gasteiger partial charge on any atom is 0.621 e. The summed E-state index contributed by atoms with van der Waals surface area (Å²) < 4.78 is 8.57. The zero-order valence-corrected chi connectivity index (χ0v) is 14.2. The predicted molar refractivity (Wildman–Crippen MR) is 80.1 cm³/mol. The fraction of sp³-hybridized carbons (Fsp3) is 0.818. The van der Waals surface area contributed by atoms with Gasteiger partial charge >= 0.3 is 23.6 Å². The summed E-state index contributed by atoms with van der Waals surface area (Å²) in [6, 6.07) is 0. The average Bonchev–Trinajstić information content (AvgIpc) is 2.56. The van der Waals surface area contributed by atoms with Gasteiger partial charge in [-0.3, -0.25) is 50.0 Å². The first kappa shape index (κ1) is 23.5. The van der Waals surface area contributed by atoms with Gasteiger partial charge in [-0.05, 0) is 20.3 Å². The number of carbonyl (C=O) groups is 2. The van der Waals surface area contributed by atoms with Crippen molar-refractivity contribution in [3.05, 3.63) is 40.5 Å². The number of ether oxygens (including phenoxy) is 2. The molecule has 0 atom stereocenters. The van der Waals surface area contributed by atoms with Gasteiger partial charge in [0.15, 0.2) is 0 Å². The van der Waals surface area contributed by atoms with E-state index in [1.54, 1.807) is 0 Å². The van der Waals surface area contributed by atoms with E-state index in [0.717, 1.165) is 13.8 Å². The lowest BCUT2D eigenvalue weighted by molar-refractivity contribution is -0.844. The number of esters is 2. The summed E-state index contributed by atoms with van der Waals surface area (Å²) >= 11 is 0. The van der Waals surface area contributed by atoms with E-state index in [2.05, 4.69) is 9.47 Å². The molecule has 0 aromatic heterocycles. The quantitative estimate of drug-likeness (QED) is 0.190. The normalized spacial score (nSPS) is 11.3. The van der Waals surface area contributed by atoms with Crippen LogP contribution >= 0.6 is 0 Å². The van der Waals surface area contributed by atoms with Gasteiger partial charge in [-0.15, -0.1) is 0 Å². The number of rotatable bonds is 12. The monoisotopic (exact) mass is 396 g/mol. The van der Waals surface area contributed by atoms with Gasteiger partial charge in [-0.2, -0.15) is 0 Å². The van der Waals surface area contributed by atoms with Crippen LogP contribution in [0.3, 0.4) is 0 Å². The lowest BCUT2D eigenvalue weighted by Gasteiger charge is -2.15. The minimum Gasteiger partial charge on any atom is -0.337 e. The van der Waals surface area contributed by atoms with Gasteiger partial charge in [-0.1, -0.05) is 0 Å². The Hall–Kier alpha value is -3.46. The van der Waals surface area contributed by atoms with E-state index in [1.807, 2.05) is 0 Å². The molecule has 0 aliphatic heterocycles. The summed E-state index contributed by atoms with van der Waals surface area (Å²) in [4.78, 5) is 60.8. The van der Waals surface area contributed by atoms with Crippen LogP contribution in [-0.2, 0) is 19.1 Å². The molecule has 0 spiro atoms. The smallest absolute Gasteiger partial charge is 0.337 e. The molecule has 0 aromatic carbocycles. The zero-order chi connectivity index (χ0) is 21.4. The molecular formula is C11H16N4O12. The molecule has 0 saturated heterocycles. The summed E-state index contributed by atoms with van der Waals surface area (Å²) in [7, 11) is 0. The summed E-state index contributed by atoms with van der Waals surface area (Å²) in [5.41, 5.74) is 0. The van der Waals surface area contributed by atoms with Crippen molar-refractivity contribution >= 4 is 11.9 Å². The predicted octanol–water partition coefficient (Wildman–Crippen LogP) is 0.478. The van der Waals surface area contributed by atoms with Crippen LogP contribution in [0.5, 0.6) is 0 Å². The molecule has 0 radical (unpaired) electrons. The van der Waals surface area contributed by atoms with Crippen molar-refractivity contribution in [2.24, 2.45) is 0 Å². The Balaban J connectivity index is 4.84. The highest BCUT2D eigenvalue weighted by atomic mass is 16.8. The first-order chi connectivity index (χ1) is 12.4. The Labute approximate surface area is 150 Å². The average molecular weight is 396 g/mol. The SMILES string of the molecule is CCC(OC(=O)CCCC(=O)OC(CC)([N+](=O)[O-])[N+](=O)[O-])([N+](=O)[O-])[N+](=O)[O-]. The van der Waals surface area contributed by atoms with Gasteiger partial charge in [0.2, 0.25) is 0 Å². The molecule has 0 amide bonds. The highest BCUT2D eigenvalue weighted by Gasteiger charge is 2.60. The molecule has 16 nitrogen and oxygen atoms in total. The van der Waals surface area contributed by atoms with Crippen LogP contribution in [0.15, 0.2) is 0 Å². The number of carbonyl (C=O) groups excluding carboxylic acids is 2. The lowest BCUT2D eigenvalue weighted by atomic mass is 10.2. The van der Waals surface area contributed by atoms with E-state index in [9.17, 15) is 50.0 Å². The summed E-state index contributed by atoms with van der Waals surface area (Å²) in [6.45, 7) is 2.10. The lowest BCUT2D eigenvalue weighted by Crippen LogP contribution is -2.50. The Bertz CT molecular complexity index is 565. The van der Waals surface area contributed by atoms with Gasteiger partial charge in [0, 0.05) is 12.8 Å². The maximum absolute atomic E-state index is 11.6. The molecule has 0 bridgehead atoms. The van der Waals surface area contributed by atoms with Gasteiger partial charge in [0.25, 0.3) is 0 Å². The van der Waals surface area contributed by atoms with Gasteiger partial charge in [0.1, 0.15) is 32.5 Å². The fourth-order valence-corrected chi connectivity index (χ4v) is 1.79. The van der Waals surface area contributed by atoms with Crippen molar-refractivity contribution < 1.29 is 38.8 Å². The minimum absolute atomic E-state index is 0.428. The first-order valence-corrected chi connectivity index (χ1v) is 7.41. The van der Waals surface area contributed by atoms with Gasteiger partial charge < -0.3 is 9.47 Å². The number of nitrogens with zero attached hydrogens (tertiary/aromatic N) is 4. The fourth-order valence-electron chi connectivity index (χ4n) is 1.79. The molecule has 0 unspecified atom stereocenters. The van der Waals surface area contributed by atoms with Crippen molar-refractivity contribution in [1.82, 2.24) is 0 Å². The second-order valence-electron chi connectivity index (χ2n) is 5.02. The highest BCUT2D eigenvalue weighted by Crippen LogP contribution is 2.21. The van der Waals surface area contributed by atoms with Crippen molar-refractivity contribution in [2.45, 2.75) is 57.6 Å². The first-order valence-electron chi connectivity index (χ1n) is 7.41. The van der Waals surface area contributed by atoms with Crippen LogP contribution in [0.1, 0.15) is 46.0 Å². The summed E-state index contributed by atoms with van der Waals surface area (Å²) in [5, 5.41) is 43.3. The van der Waals surface area contributed by atoms with Crippen molar-refractivity contribution in [3.8, 4) is 0 Å². The molecule has 152 valence electrons. The van der Waals surface area contributed by atoms with E-state index in [-0.39, 0.29) is 0 Å². The molecule has 0 aliphatic rings. The third kappa shape index (κ3) is 5.25. The second kappa shape index (κ2) is 9.30. The Morgan fingerprint density at radius 3 is 1.15 bits per heavy atom. The topological polar surface area (TPSA) is 225 Å². The molecular weight excluding hydrogens is 380 g/mol. The van der Waals surface area contributed by atoms with E-state index < -0.39 is 75.4 Å². The van der Waals surface area contributed by atoms with Crippen molar-refractivity contribution in [3.63, 3.8) is 0 Å². The minimum atomic E-state index is -3.17. The maximum atomic E-state index is 11.6. The van der Waals surface area contributed by atoms with Crippen LogP contribution in [0.2, 0.25) is 0 Å². The molecule has 0 aliphatic carbocycles. The Morgan fingerprint density at radius 2 is 0.963 bits per heavy atom. The molecule has 27 heavy (non-hydrogen) atoms. The molecule has 16 heteroatoms. The van der Waals surface area contributed by atoms with Crippen LogP contribution in [0, 0.1) is 40.5 Å². The molecule has 0 heterocycles. The zero-order valence-electron chi connectivity index (χ0n) is 14.2. The van der Waals surface area contributed by atoms with Crippen LogP contribution < -0.4 is 0 Å². The van der Waals surface area contributed by atoms with Crippen molar-refractivity contribution in [1.29, 1.82) is 0 Å². The van der Waals surface area contributed by atoms with E-state index in [1.165, 1.54) is 0 Å². The number of nitro groups is 4. The Morgan fingerprint density at radius 1 is 0.704 bits per heavy atom. The second-order valence-corrected chi connectivity index (χ2v) is 5.02. The van der Waals surface area contributed by atoms with Gasteiger partial charge in [-0.25, -0.2) is 0 Å². The van der Waals surface area contributed by atoms with E-state index in [4.69, 9.17) is 0 Å². The standard InChI is InChI=1S/C11H16N4O12/c1-3-10(12(18)19,13(20)21)26-8(16)6-5-7-9(17)27-11(4-2,14(22)23)15(24)25/h3-7H2,1-2H3. The largest absolute Gasteiger partial charge is 0.621 e. The molecule has 0 rings (SSSR count). The summed E-state index contributed by atoms with van der Waals surface area (Å²) in [6.07, 6.45) is -3.35. The highest BCUT2D eigenvalue weighted by molar-refractivity contribution is 5.72. The van der Waals surface area contributed by atoms with E-state index >= 15 is 0 Å². The van der Waals surface area contributed by atoms with Gasteiger partial charge in [0.05, 0.1) is 0 Å². The van der Waals surface area contributed by atoms with E-state index in [0.29, 0.717) is 0 Å². The van der Waals surface area contributed by atoms with Crippen molar-refractivity contribution in [2.75, 3.05) is 0 Å². The molecule has 0 N–H and O–H groups in total. The summed E-state index contributed by atoms with van der Waals surface area (Å²) in [5.74, 6) is -9.09. The molecule has 0 aromatic rings. The third-order valence-corrected chi connectivity index (χ3v) is 3.38. The molecule has 0 saturated carbocycles. The Kier molecular flexibility index (Phi) is 8.11. The third-order valence-electron chi connectivity index (χ3n) is 3.38. The molecule has 0 fully saturated rings. The number of hydrogen-bond acceptors (Lipinski definition) is 12.